The third-order valence-electron chi connectivity index (χ3n) is 9.58. The van der Waals surface area contributed by atoms with Crippen molar-refractivity contribution in [2.75, 3.05) is 0 Å². The highest BCUT2D eigenvalue weighted by Crippen LogP contribution is 2.56. The van der Waals surface area contributed by atoms with Crippen LogP contribution in [0.25, 0.3) is 43.8 Å². The zero-order valence-electron chi connectivity index (χ0n) is 27.3. The molecule has 1 nitrogen and oxygen atoms in total. The Bertz CT molecular complexity index is 1930. The molecular formula is C43H42O. The molecule has 1 heteroatoms. The fraction of sp³-hybridized carbons (Fsp3) is 0.256. The highest BCUT2D eigenvalue weighted by Gasteiger charge is 2.39. The van der Waals surface area contributed by atoms with Crippen LogP contribution >= 0.6 is 0 Å². The van der Waals surface area contributed by atoms with Crippen LogP contribution in [0.3, 0.4) is 0 Å². The fourth-order valence-corrected chi connectivity index (χ4v) is 6.66. The maximum absolute atomic E-state index is 7.24. The van der Waals surface area contributed by atoms with E-state index in [1.807, 2.05) is 0 Å². The average molecular weight is 575 g/mol. The van der Waals surface area contributed by atoms with Gasteiger partial charge in [0, 0.05) is 27.7 Å². The maximum atomic E-state index is 7.24. The summed E-state index contributed by atoms with van der Waals surface area (Å²) in [5, 5.41) is 4.97. The summed E-state index contributed by atoms with van der Waals surface area (Å²) in [5.74, 6) is 1.94. The second-order valence-corrected chi connectivity index (χ2v) is 15.2. The molecule has 220 valence electrons. The molecule has 6 aromatic rings. The first-order chi connectivity index (χ1) is 20.8. The van der Waals surface area contributed by atoms with Crippen LogP contribution in [0.15, 0.2) is 109 Å². The van der Waals surface area contributed by atoms with Crippen molar-refractivity contribution in [2.45, 2.75) is 71.6 Å². The summed E-state index contributed by atoms with van der Waals surface area (Å²) in [7, 11) is 0. The van der Waals surface area contributed by atoms with E-state index < -0.39 is 0 Å². The third-order valence-corrected chi connectivity index (χ3v) is 9.58. The van der Waals surface area contributed by atoms with Gasteiger partial charge in [-0.15, -0.1) is 0 Å². The Morgan fingerprint density at radius 2 is 0.841 bits per heavy atom. The highest BCUT2D eigenvalue weighted by atomic mass is 16.5. The van der Waals surface area contributed by atoms with Gasteiger partial charge in [-0.2, -0.15) is 0 Å². The molecule has 0 amide bonds. The molecule has 0 radical (unpaired) electrons. The molecule has 6 aromatic carbocycles. The van der Waals surface area contributed by atoms with Crippen LogP contribution in [-0.2, 0) is 16.2 Å². The van der Waals surface area contributed by atoms with Crippen LogP contribution in [0.5, 0.6) is 11.5 Å². The lowest BCUT2D eigenvalue weighted by atomic mass is 9.70. The predicted octanol–water partition coefficient (Wildman–Crippen LogP) is 12.4. The summed E-state index contributed by atoms with van der Waals surface area (Å²) in [6.07, 6.45) is 0. The number of benzene rings is 6. The van der Waals surface area contributed by atoms with Gasteiger partial charge in [0.2, 0.25) is 0 Å². The molecule has 7 rings (SSSR count). The maximum Gasteiger partial charge on any atom is 0.139 e. The first kappa shape index (κ1) is 28.4. The molecule has 0 saturated heterocycles. The summed E-state index contributed by atoms with van der Waals surface area (Å²) in [6, 6.07) is 40.3. The van der Waals surface area contributed by atoms with Crippen LogP contribution in [0.2, 0.25) is 0 Å². The van der Waals surface area contributed by atoms with Crippen molar-refractivity contribution in [1.29, 1.82) is 0 Å². The van der Waals surface area contributed by atoms with E-state index in [0.29, 0.717) is 0 Å². The van der Waals surface area contributed by atoms with Gasteiger partial charge in [-0.05, 0) is 78.9 Å². The van der Waals surface area contributed by atoms with E-state index in [0.717, 1.165) is 22.6 Å². The van der Waals surface area contributed by atoms with Crippen molar-refractivity contribution in [3.8, 4) is 33.8 Å². The van der Waals surface area contributed by atoms with Crippen molar-refractivity contribution in [3.63, 3.8) is 0 Å². The zero-order valence-corrected chi connectivity index (χ0v) is 27.3. The van der Waals surface area contributed by atoms with Crippen LogP contribution in [-0.4, -0.2) is 0 Å². The molecule has 0 unspecified atom stereocenters. The Morgan fingerprint density at radius 3 is 1.23 bits per heavy atom. The lowest BCUT2D eigenvalue weighted by Crippen LogP contribution is -2.27. The van der Waals surface area contributed by atoms with Gasteiger partial charge in [0.15, 0.2) is 0 Å². The van der Waals surface area contributed by atoms with E-state index in [1.54, 1.807) is 0 Å². The number of hydrogen-bond donors (Lipinski definition) is 0. The second kappa shape index (κ2) is 9.83. The summed E-state index contributed by atoms with van der Waals surface area (Å²) >= 11 is 0. The lowest BCUT2D eigenvalue weighted by Gasteiger charge is -2.39. The van der Waals surface area contributed by atoms with Crippen LogP contribution < -0.4 is 4.74 Å². The zero-order chi connectivity index (χ0) is 31.0. The van der Waals surface area contributed by atoms with Crippen LogP contribution in [0.4, 0.5) is 0 Å². The van der Waals surface area contributed by atoms with Gasteiger partial charge in [-0.25, -0.2) is 0 Å². The molecule has 0 bridgehead atoms. The largest absolute Gasteiger partial charge is 0.455 e. The Labute approximate surface area is 262 Å². The first-order valence-corrected chi connectivity index (χ1v) is 15.8. The summed E-state index contributed by atoms with van der Waals surface area (Å²) in [5.41, 5.74) is 9.51. The van der Waals surface area contributed by atoms with Crippen molar-refractivity contribution in [3.05, 3.63) is 131 Å². The molecule has 0 atom stereocenters. The average Bonchev–Trinajstić information content (AvgIpc) is 2.99. The topological polar surface area (TPSA) is 9.23 Å². The Hall–Kier alpha value is -4.36. The highest BCUT2D eigenvalue weighted by molar-refractivity contribution is 5.91. The van der Waals surface area contributed by atoms with E-state index in [-0.39, 0.29) is 16.2 Å². The van der Waals surface area contributed by atoms with Gasteiger partial charge >= 0.3 is 0 Å². The molecule has 0 spiro atoms. The van der Waals surface area contributed by atoms with Crippen molar-refractivity contribution in [2.24, 2.45) is 0 Å². The molecule has 1 aliphatic heterocycles. The SMILES string of the molecule is CC(C)(C)c1cc(-c2ccc3ccccc3c2)c2c(c1)C(C)(C)c1cc(C(C)(C)C)cc(-c3ccc4ccccc4c3)c1O2. The molecule has 0 fully saturated rings. The summed E-state index contributed by atoms with van der Waals surface area (Å²) in [6.45, 7) is 18.6. The minimum absolute atomic E-state index is 0.0134. The molecule has 1 aliphatic rings. The number of fused-ring (bicyclic) bond motifs is 4. The predicted molar refractivity (Wildman–Crippen MR) is 188 cm³/mol. The molecule has 44 heavy (non-hydrogen) atoms. The normalized spacial score (nSPS) is 14.3. The van der Waals surface area contributed by atoms with Crippen molar-refractivity contribution >= 4 is 21.5 Å². The van der Waals surface area contributed by atoms with E-state index >= 15 is 0 Å². The van der Waals surface area contributed by atoms with Gasteiger partial charge in [0.1, 0.15) is 11.5 Å². The number of rotatable bonds is 2. The minimum Gasteiger partial charge on any atom is -0.455 e. The summed E-state index contributed by atoms with van der Waals surface area (Å²) < 4.78 is 7.24. The van der Waals surface area contributed by atoms with Crippen LogP contribution in [0, 0.1) is 0 Å². The van der Waals surface area contributed by atoms with Crippen LogP contribution in [0.1, 0.15) is 77.6 Å². The smallest absolute Gasteiger partial charge is 0.139 e. The van der Waals surface area contributed by atoms with Gasteiger partial charge in [-0.3, -0.25) is 0 Å². The lowest BCUT2D eigenvalue weighted by molar-refractivity contribution is 0.418. The van der Waals surface area contributed by atoms with E-state index in [2.05, 4.69) is 165 Å². The van der Waals surface area contributed by atoms with Gasteiger partial charge in [0.05, 0.1) is 0 Å². The Balaban J connectivity index is 1.52. The number of ether oxygens (including phenoxy) is 1. The summed E-state index contributed by atoms with van der Waals surface area (Å²) in [4.78, 5) is 0. The Kier molecular flexibility index (Phi) is 6.35. The fourth-order valence-electron chi connectivity index (χ4n) is 6.66. The monoisotopic (exact) mass is 574 g/mol. The molecule has 0 N–H and O–H groups in total. The van der Waals surface area contributed by atoms with Gasteiger partial charge < -0.3 is 4.74 Å². The van der Waals surface area contributed by atoms with Gasteiger partial charge in [0.25, 0.3) is 0 Å². The molecule has 1 heterocycles. The molecule has 0 aromatic heterocycles. The van der Waals surface area contributed by atoms with E-state index in [1.165, 1.54) is 54.9 Å². The number of hydrogen-bond acceptors (Lipinski definition) is 1. The van der Waals surface area contributed by atoms with Crippen molar-refractivity contribution < 1.29 is 4.74 Å². The molecule has 0 aliphatic carbocycles. The first-order valence-electron chi connectivity index (χ1n) is 15.8. The molecular weight excluding hydrogens is 532 g/mol. The minimum atomic E-state index is -0.275. The van der Waals surface area contributed by atoms with Crippen molar-refractivity contribution in [1.82, 2.24) is 0 Å². The quantitative estimate of drug-likeness (QED) is 0.200. The van der Waals surface area contributed by atoms with E-state index in [4.69, 9.17) is 4.74 Å². The molecule has 0 saturated carbocycles. The Morgan fingerprint density at radius 1 is 0.455 bits per heavy atom. The van der Waals surface area contributed by atoms with E-state index in [9.17, 15) is 0 Å². The third kappa shape index (κ3) is 4.70. The van der Waals surface area contributed by atoms with Gasteiger partial charge in [-0.1, -0.05) is 140 Å². The second-order valence-electron chi connectivity index (χ2n) is 15.2. The standard InChI is InChI=1S/C43H42O/c1-41(2,3)33-23-35(31-19-17-27-13-9-11-15-29(27)21-31)39-37(25-33)43(7,8)38-26-34(42(4,5)6)24-36(40(38)44-39)32-20-18-28-14-10-12-16-30(28)22-32/h9-26H,1-8H3.